The molecule has 2 aromatic heterocycles. The van der Waals surface area contributed by atoms with Crippen molar-refractivity contribution in [2.24, 2.45) is 11.0 Å². The highest BCUT2D eigenvalue weighted by Crippen LogP contribution is 2.41. The second kappa shape index (κ2) is 11.8. The Labute approximate surface area is 253 Å². The molecule has 0 saturated heterocycles. The van der Waals surface area contributed by atoms with Crippen LogP contribution in [0.25, 0.3) is 32.4 Å². The van der Waals surface area contributed by atoms with Crippen LogP contribution >= 0.6 is 34.7 Å². The van der Waals surface area contributed by atoms with E-state index in [1.165, 1.54) is 35.8 Å². The van der Waals surface area contributed by atoms with Crippen LogP contribution in [0.2, 0.25) is 5.02 Å². The molecule has 7 nitrogen and oxygen atoms in total. The largest absolute Gasteiger partial charge is 0.422 e. The van der Waals surface area contributed by atoms with Gasteiger partial charge in [0.1, 0.15) is 16.8 Å². The Hall–Kier alpha value is -3.80. The van der Waals surface area contributed by atoms with Gasteiger partial charge in [0.05, 0.1) is 33.2 Å². The van der Waals surface area contributed by atoms with Gasteiger partial charge in [-0.1, -0.05) is 55.3 Å². The Bertz CT molecular complexity index is 1820. The van der Waals surface area contributed by atoms with Crippen LogP contribution in [-0.4, -0.2) is 25.9 Å². The molecule has 6 rings (SSSR count). The lowest BCUT2D eigenvalue weighted by Gasteiger charge is -2.27. The Balaban J connectivity index is 1.37. The fraction of sp³-hybridized carbons (Fsp3) is 0.233. The van der Waals surface area contributed by atoms with Gasteiger partial charge in [-0.2, -0.15) is 13.8 Å². The molecule has 0 atom stereocenters. The van der Waals surface area contributed by atoms with Crippen LogP contribution in [0, 0.1) is 17.6 Å². The number of thiazole rings is 1. The maximum absolute atomic E-state index is 15.9. The molecule has 0 amide bonds. The number of esters is 1. The van der Waals surface area contributed by atoms with Crippen LogP contribution in [0.5, 0.6) is 5.75 Å². The molecule has 1 saturated carbocycles. The fourth-order valence-electron chi connectivity index (χ4n) is 5.23. The second-order valence-electron chi connectivity index (χ2n) is 10.2. The number of fused-ring (bicyclic) bond motifs is 2. The summed E-state index contributed by atoms with van der Waals surface area (Å²) in [6.07, 6.45) is 5.95. The van der Waals surface area contributed by atoms with E-state index in [0.29, 0.717) is 27.7 Å². The summed E-state index contributed by atoms with van der Waals surface area (Å²) in [4.78, 5) is 16.2. The topological polar surface area (TPSA) is 89.4 Å². The molecule has 214 valence electrons. The van der Waals surface area contributed by atoms with Gasteiger partial charge in [-0.15, -0.1) is 0 Å². The number of nitrogens with zero attached hydrogens (tertiary/aromatic N) is 4. The third kappa shape index (κ3) is 5.64. The summed E-state index contributed by atoms with van der Waals surface area (Å²) in [5.41, 5.74) is 6.26. The minimum absolute atomic E-state index is 0.00378. The van der Waals surface area contributed by atoms with Crippen LogP contribution in [0.4, 0.5) is 13.9 Å². The molecule has 3 aromatic carbocycles. The number of nitrogens with one attached hydrogen (secondary N) is 1. The van der Waals surface area contributed by atoms with Gasteiger partial charge < -0.3 is 4.74 Å². The highest BCUT2D eigenvalue weighted by Gasteiger charge is 2.27. The minimum atomic E-state index is -0.987. The first-order valence-corrected chi connectivity index (χ1v) is 15.2. The van der Waals surface area contributed by atoms with Crippen molar-refractivity contribution in [2.45, 2.75) is 38.5 Å². The molecule has 0 radical (unpaired) electrons. The van der Waals surface area contributed by atoms with E-state index in [0.717, 1.165) is 64.7 Å². The minimum Gasteiger partial charge on any atom is -0.422 e. The van der Waals surface area contributed by atoms with Gasteiger partial charge in [-0.3, -0.25) is 5.43 Å². The van der Waals surface area contributed by atoms with Gasteiger partial charge in [0.25, 0.3) is 0 Å². The zero-order chi connectivity index (χ0) is 29.4. The second-order valence-corrected chi connectivity index (χ2v) is 12.2. The lowest BCUT2D eigenvalue weighted by molar-refractivity contribution is -0.128. The molecular formula is C30H24ClF2N5O2S2. The van der Waals surface area contributed by atoms with Crippen LogP contribution in [0.15, 0.2) is 54.2 Å². The monoisotopic (exact) mass is 623 g/mol. The van der Waals surface area contributed by atoms with Gasteiger partial charge in [-0.25, -0.2) is 18.6 Å². The normalized spacial score (nSPS) is 17.2. The summed E-state index contributed by atoms with van der Waals surface area (Å²) in [6.45, 7) is 5.55. The lowest BCUT2D eigenvalue weighted by atomic mass is 9.78. The highest BCUT2D eigenvalue weighted by molar-refractivity contribution is 7.22. The molecule has 1 aliphatic rings. The highest BCUT2D eigenvalue weighted by atomic mass is 35.5. The lowest BCUT2D eigenvalue weighted by Crippen LogP contribution is -2.14. The zero-order valence-corrected chi connectivity index (χ0v) is 24.8. The van der Waals surface area contributed by atoms with E-state index in [4.69, 9.17) is 16.3 Å². The zero-order valence-electron chi connectivity index (χ0n) is 22.4. The molecular weight excluding hydrogens is 600 g/mol. The number of carbonyl (C=O) groups is 1. The molecule has 0 unspecified atom stereocenters. The molecule has 1 aliphatic carbocycles. The van der Waals surface area contributed by atoms with E-state index in [1.807, 2.05) is 12.1 Å². The van der Waals surface area contributed by atoms with Gasteiger partial charge in [0.2, 0.25) is 5.13 Å². The van der Waals surface area contributed by atoms with Crippen molar-refractivity contribution in [3.8, 4) is 16.9 Å². The predicted octanol–water partition coefficient (Wildman–Crippen LogP) is 8.73. The number of hydrogen-bond acceptors (Lipinski definition) is 9. The number of ether oxygens (including phenoxy) is 1. The molecule has 2 heterocycles. The quantitative estimate of drug-likeness (QED) is 0.0641. The maximum atomic E-state index is 15.9. The number of anilines is 1. The first kappa shape index (κ1) is 28.3. The summed E-state index contributed by atoms with van der Waals surface area (Å²) >= 11 is 8.90. The average Bonchev–Trinajstić information content (AvgIpc) is 3.60. The molecule has 5 aromatic rings. The first-order valence-electron chi connectivity index (χ1n) is 13.3. The van der Waals surface area contributed by atoms with Crippen molar-refractivity contribution in [2.75, 3.05) is 5.43 Å². The number of benzene rings is 3. The summed E-state index contributed by atoms with van der Waals surface area (Å²) in [5, 5.41) is 4.94. The number of hydrogen-bond donors (Lipinski definition) is 1. The van der Waals surface area contributed by atoms with Crippen molar-refractivity contribution in [1.29, 1.82) is 0 Å². The first-order chi connectivity index (χ1) is 20.3. The van der Waals surface area contributed by atoms with Crippen LogP contribution < -0.4 is 10.2 Å². The van der Waals surface area contributed by atoms with Gasteiger partial charge in [0.15, 0.2) is 11.6 Å². The Morgan fingerprint density at radius 3 is 2.60 bits per heavy atom. The van der Waals surface area contributed by atoms with Crippen molar-refractivity contribution in [3.63, 3.8) is 0 Å². The number of aromatic nitrogens is 3. The predicted molar refractivity (Wildman–Crippen MR) is 165 cm³/mol. The van der Waals surface area contributed by atoms with Crippen LogP contribution in [0.3, 0.4) is 0 Å². The third-order valence-corrected chi connectivity index (χ3v) is 9.22. The number of hydrazone groups is 1. The average molecular weight is 624 g/mol. The van der Waals surface area contributed by atoms with Gasteiger partial charge >= 0.3 is 5.97 Å². The summed E-state index contributed by atoms with van der Waals surface area (Å²) in [6, 6.07) is 9.84. The molecule has 1 N–H and O–H groups in total. The van der Waals surface area contributed by atoms with Crippen molar-refractivity contribution in [1.82, 2.24) is 13.7 Å². The fourth-order valence-corrected chi connectivity index (χ4v) is 6.79. The Kier molecular flexibility index (Phi) is 7.98. The third-order valence-electron chi connectivity index (χ3n) is 7.45. The number of carbonyl (C=O) groups excluding carboxylic acids is 1. The molecule has 12 heteroatoms. The van der Waals surface area contributed by atoms with E-state index in [-0.39, 0.29) is 22.3 Å². The van der Waals surface area contributed by atoms with E-state index < -0.39 is 17.6 Å². The van der Waals surface area contributed by atoms with Gasteiger partial charge in [0, 0.05) is 17.2 Å². The number of rotatable bonds is 7. The standard InChI is InChI=1S/C30H24ClF2N5O2S2/c1-3-26(39)40-24-9-8-17(11-20(24)31)27-18(10-19(28(32)29(27)33)16-6-4-15(2)5-7-16)14-34-36-30-35-23-12-21-22(38-42-37-21)13-25(23)41-30/h3,8-16H,1,4-7H2,2H3,(H,35,36)/b34-14+. The molecule has 0 bridgehead atoms. The maximum Gasteiger partial charge on any atom is 0.335 e. The summed E-state index contributed by atoms with van der Waals surface area (Å²) < 4.78 is 46.1. The van der Waals surface area contributed by atoms with Crippen molar-refractivity contribution >= 4 is 73.2 Å². The van der Waals surface area contributed by atoms with Gasteiger partial charge in [-0.05, 0) is 66.1 Å². The number of halogens is 3. The van der Waals surface area contributed by atoms with Crippen molar-refractivity contribution in [3.05, 3.63) is 76.8 Å². The Morgan fingerprint density at radius 1 is 1.10 bits per heavy atom. The smallest absolute Gasteiger partial charge is 0.335 e. The molecule has 0 aliphatic heterocycles. The molecule has 42 heavy (non-hydrogen) atoms. The van der Waals surface area contributed by atoms with E-state index in [1.54, 1.807) is 6.07 Å². The van der Waals surface area contributed by atoms with E-state index >= 15 is 8.78 Å². The molecule has 1 fully saturated rings. The van der Waals surface area contributed by atoms with E-state index in [9.17, 15) is 4.79 Å². The summed E-state index contributed by atoms with van der Waals surface area (Å²) in [5.74, 6) is -1.99. The molecule has 0 spiro atoms. The summed E-state index contributed by atoms with van der Waals surface area (Å²) in [7, 11) is 0. The van der Waals surface area contributed by atoms with Crippen LogP contribution in [-0.2, 0) is 4.79 Å². The Morgan fingerprint density at radius 2 is 1.86 bits per heavy atom. The van der Waals surface area contributed by atoms with Crippen LogP contribution in [0.1, 0.15) is 49.7 Å². The van der Waals surface area contributed by atoms with E-state index in [2.05, 4.69) is 37.8 Å². The van der Waals surface area contributed by atoms with Crippen molar-refractivity contribution < 1.29 is 18.3 Å². The SMILES string of the molecule is C=CC(=O)Oc1ccc(-c2c(/C=N/Nc3nc4cc5nsnc5cc4s3)cc(C3CCC(C)CC3)c(F)c2F)cc1Cl.